The molecular weight excluding hydrogens is 204 g/mol. The summed E-state index contributed by atoms with van der Waals surface area (Å²) in [6.45, 7) is 5.64. The number of hydrogen-bond donors (Lipinski definition) is 1. The fraction of sp³-hybridized carbons (Fsp3) is 0.917. The van der Waals surface area contributed by atoms with Gasteiger partial charge in [0.2, 0.25) is 5.91 Å². The van der Waals surface area contributed by atoms with Crippen LogP contribution in [0.1, 0.15) is 26.7 Å². The fourth-order valence-corrected chi connectivity index (χ4v) is 2.15. The molecule has 0 saturated carbocycles. The van der Waals surface area contributed by atoms with E-state index in [-0.39, 0.29) is 11.8 Å². The highest BCUT2D eigenvalue weighted by atomic mass is 16.3. The fourth-order valence-electron chi connectivity index (χ4n) is 2.15. The molecule has 1 aliphatic heterocycles. The van der Waals surface area contributed by atoms with Crippen LogP contribution < -0.4 is 0 Å². The number of nitrogens with zero attached hydrogens (tertiary/aromatic N) is 2. The Labute approximate surface area is 98.2 Å². The van der Waals surface area contributed by atoms with Gasteiger partial charge in [0.1, 0.15) is 0 Å². The van der Waals surface area contributed by atoms with E-state index in [0.29, 0.717) is 13.1 Å². The molecule has 1 N–H and O–H groups in total. The zero-order chi connectivity index (χ0) is 12.3. The van der Waals surface area contributed by atoms with Crippen LogP contribution in [-0.4, -0.2) is 60.1 Å². The highest BCUT2D eigenvalue weighted by molar-refractivity contribution is 5.78. The number of likely N-dealkylation sites (tertiary alicyclic amines) is 1. The number of piperidine rings is 1. The smallest absolute Gasteiger partial charge is 0.236 e. The predicted molar refractivity (Wildman–Crippen MR) is 64.2 cm³/mol. The molecular formula is C12H24N2O2. The summed E-state index contributed by atoms with van der Waals surface area (Å²) in [7, 11) is 3.80. The Balaban J connectivity index is 2.54. The number of carbonyl (C=O) groups is 1. The standard InChI is InChI=1S/C12H24N2O2/c1-12(2,16)10-6-5-7-14(8-10)11(15)9-13(3)4/h10,16H,5-9H2,1-4H3. The van der Waals surface area contributed by atoms with Crippen LogP contribution in [0.5, 0.6) is 0 Å². The molecule has 1 aliphatic rings. The average Bonchev–Trinajstić information content (AvgIpc) is 2.15. The van der Waals surface area contributed by atoms with Crippen molar-refractivity contribution in [3.63, 3.8) is 0 Å². The molecule has 0 bridgehead atoms. The Morgan fingerprint density at radius 2 is 2.12 bits per heavy atom. The molecule has 94 valence electrons. The van der Waals surface area contributed by atoms with E-state index >= 15 is 0 Å². The van der Waals surface area contributed by atoms with Gasteiger partial charge in [0.15, 0.2) is 0 Å². The minimum Gasteiger partial charge on any atom is -0.390 e. The Bertz CT molecular complexity index is 246. The zero-order valence-electron chi connectivity index (χ0n) is 10.9. The van der Waals surface area contributed by atoms with Crippen LogP contribution in [0.3, 0.4) is 0 Å². The lowest BCUT2D eigenvalue weighted by Crippen LogP contribution is -2.48. The van der Waals surface area contributed by atoms with E-state index < -0.39 is 5.60 Å². The molecule has 4 heteroatoms. The van der Waals surface area contributed by atoms with Gasteiger partial charge in [0, 0.05) is 19.0 Å². The largest absolute Gasteiger partial charge is 0.390 e. The highest BCUT2D eigenvalue weighted by Gasteiger charge is 2.32. The van der Waals surface area contributed by atoms with E-state index in [1.54, 1.807) is 0 Å². The van der Waals surface area contributed by atoms with Crippen LogP contribution in [0.2, 0.25) is 0 Å². The molecule has 1 unspecified atom stereocenters. The Kier molecular flexibility index (Phi) is 4.33. The first-order valence-corrected chi connectivity index (χ1v) is 5.95. The summed E-state index contributed by atoms with van der Waals surface area (Å²) in [4.78, 5) is 15.6. The Morgan fingerprint density at radius 1 is 1.50 bits per heavy atom. The molecule has 0 aliphatic carbocycles. The molecule has 0 aromatic rings. The second kappa shape index (κ2) is 5.15. The van der Waals surface area contributed by atoms with E-state index in [1.807, 2.05) is 37.7 Å². The number of rotatable bonds is 3. The SMILES string of the molecule is CN(C)CC(=O)N1CCCC(C(C)(C)O)C1. The van der Waals surface area contributed by atoms with Crippen molar-refractivity contribution in [1.82, 2.24) is 9.80 Å². The lowest BCUT2D eigenvalue weighted by molar-refractivity contribution is -0.135. The van der Waals surface area contributed by atoms with Crippen LogP contribution in [0.25, 0.3) is 0 Å². The van der Waals surface area contributed by atoms with Crippen molar-refractivity contribution in [3.05, 3.63) is 0 Å². The first-order chi connectivity index (χ1) is 7.30. The van der Waals surface area contributed by atoms with E-state index in [1.165, 1.54) is 0 Å². The van der Waals surface area contributed by atoms with E-state index in [4.69, 9.17) is 0 Å². The van der Waals surface area contributed by atoms with E-state index in [0.717, 1.165) is 19.4 Å². The van der Waals surface area contributed by atoms with Crippen LogP contribution in [-0.2, 0) is 4.79 Å². The van der Waals surface area contributed by atoms with Gasteiger partial charge in [-0.2, -0.15) is 0 Å². The number of aliphatic hydroxyl groups is 1. The summed E-state index contributed by atoms with van der Waals surface area (Å²) >= 11 is 0. The normalized spacial score (nSPS) is 22.6. The molecule has 0 spiro atoms. The van der Waals surface area contributed by atoms with Crippen molar-refractivity contribution in [2.24, 2.45) is 5.92 Å². The maximum absolute atomic E-state index is 11.9. The summed E-state index contributed by atoms with van der Waals surface area (Å²) in [6, 6.07) is 0. The molecule has 0 aromatic heterocycles. The van der Waals surface area contributed by atoms with Gasteiger partial charge in [-0.3, -0.25) is 4.79 Å². The first kappa shape index (κ1) is 13.5. The van der Waals surface area contributed by atoms with Gasteiger partial charge in [0.25, 0.3) is 0 Å². The average molecular weight is 228 g/mol. The monoisotopic (exact) mass is 228 g/mol. The van der Waals surface area contributed by atoms with Crippen molar-refractivity contribution < 1.29 is 9.90 Å². The number of carbonyl (C=O) groups excluding carboxylic acids is 1. The number of hydrogen-bond acceptors (Lipinski definition) is 3. The summed E-state index contributed by atoms with van der Waals surface area (Å²) < 4.78 is 0. The van der Waals surface area contributed by atoms with Gasteiger partial charge in [-0.25, -0.2) is 0 Å². The van der Waals surface area contributed by atoms with Crippen LogP contribution >= 0.6 is 0 Å². The Morgan fingerprint density at radius 3 is 2.62 bits per heavy atom. The number of amides is 1. The molecule has 16 heavy (non-hydrogen) atoms. The van der Waals surface area contributed by atoms with Crippen molar-refractivity contribution in [2.75, 3.05) is 33.7 Å². The van der Waals surface area contributed by atoms with Crippen molar-refractivity contribution in [3.8, 4) is 0 Å². The zero-order valence-corrected chi connectivity index (χ0v) is 10.9. The van der Waals surface area contributed by atoms with Crippen molar-refractivity contribution in [1.29, 1.82) is 0 Å². The van der Waals surface area contributed by atoms with E-state index in [2.05, 4.69) is 0 Å². The van der Waals surface area contributed by atoms with Gasteiger partial charge in [-0.15, -0.1) is 0 Å². The summed E-state index contributed by atoms with van der Waals surface area (Å²) in [5.41, 5.74) is -0.683. The molecule has 1 rings (SSSR count). The van der Waals surface area contributed by atoms with Gasteiger partial charge in [-0.1, -0.05) is 0 Å². The second-order valence-electron chi connectivity index (χ2n) is 5.57. The van der Waals surface area contributed by atoms with Gasteiger partial charge in [-0.05, 0) is 40.8 Å². The lowest BCUT2D eigenvalue weighted by Gasteiger charge is -2.39. The molecule has 1 fully saturated rings. The molecule has 1 heterocycles. The quantitative estimate of drug-likeness (QED) is 0.767. The number of likely N-dealkylation sites (N-methyl/N-ethyl adjacent to an activating group) is 1. The summed E-state index contributed by atoms with van der Waals surface area (Å²) in [5, 5.41) is 9.98. The lowest BCUT2D eigenvalue weighted by atomic mass is 9.84. The Hall–Kier alpha value is -0.610. The van der Waals surface area contributed by atoms with Crippen molar-refractivity contribution in [2.45, 2.75) is 32.3 Å². The highest BCUT2D eigenvalue weighted by Crippen LogP contribution is 2.26. The molecule has 1 saturated heterocycles. The minimum absolute atomic E-state index is 0.166. The third-order valence-electron chi connectivity index (χ3n) is 3.22. The van der Waals surface area contributed by atoms with Crippen LogP contribution in [0.4, 0.5) is 0 Å². The second-order valence-corrected chi connectivity index (χ2v) is 5.57. The van der Waals surface area contributed by atoms with Crippen LogP contribution in [0.15, 0.2) is 0 Å². The van der Waals surface area contributed by atoms with Gasteiger partial charge in [0.05, 0.1) is 12.1 Å². The van der Waals surface area contributed by atoms with Gasteiger partial charge >= 0.3 is 0 Å². The maximum atomic E-state index is 11.9. The summed E-state index contributed by atoms with van der Waals surface area (Å²) in [6.07, 6.45) is 2.00. The molecule has 1 atom stereocenters. The minimum atomic E-state index is -0.683. The predicted octanol–water partition coefficient (Wildman–Crippen LogP) is 0.557. The van der Waals surface area contributed by atoms with E-state index in [9.17, 15) is 9.90 Å². The van der Waals surface area contributed by atoms with Crippen LogP contribution in [0, 0.1) is 5.92 Å². The first-order valence-electron chi connectivity index (χ1n) is 5.95. The molecule has 0 aromatic carbocycles. The maximum Gasteiger partial charge on any atom is 0.236 e. The molecule has 4 nitrogen and oxygen atoms in total. The topological polar surface area (TPSA) is 43.8 Å². The van der Waals surface area contributed by atoms with Crippen molar-refractivity contribution >= 4 is 5.91 Å². The molecule has 1 amide bonds. The third kappa shape index (κ3) is 3.76. The van der Waals surface area contributed by atoms with Gasteiger partial charge < -0.3 is 14.9 Å². The molecule has 0 radical (unpaired) electrons. The third-order valence-corrected chi connectivity index (χ3v) is 3.22. The summed E-state index contributed by atoms with van der Waals surface area (Å²) in [5.74, 6) is 0.367.